The number of rotatable bonds is 10. The fraction of sp³-hybridized carbons (Fsp3) is 0.179. The maximum Gasteiger partial charge on any atom is 0.441 e. The van der Waals surface area contributed by atoms with E-state index in [1.165, 1.54) is 48.5 Å². The van der Waals surface area contributed by atoms with Crippen molar-refractivity contribution in [1.82, 2.24) is 5.32 Å². The molecule has 3 N–H and O–H groups in total. The van der Waals surface area contributed by atoms with Crippen molar-refractivity contribution in [2.45, 2.75) is 19.9 Å². The van der Waals surface area contributed by atoms with E-state index in [1.54, 1.807) is 26.0 Å². The number of benzene rings is 3. The quantitative estimate of drug-likeness (QED) is 0.173. The van der Waals surface area contributed by atoms with E-state index in [0.29, 0.717) is 16.9 Å². The maximum absolute atomic E-state index is 13.0. The Bertz CT molecular complexity index is 1360. The molecule has 0 spiro atoms. The van der Waals surface area contributed by atoms with Gasteiger partial charge in [0, 0.05) is 16.7 Å². The predicted molar refractivity (Wildman–Crippen MR) is 139 cm³/mol. The molecule has 39 heavy (non-hydrogen) atoms. The van der Waals surface area contributed by atoms with Crippen molar-refractivity contribution in [2.75, 3.05) is 13.2 Å². The number of ketones is 1. The molecule has 0 saturated heterocycles. The largest absolute Gasteiger partial charge is 0.482 e. The molecule has 0 radical (unpaired) electrons. The lowest BCUT2D eigenvalue weighted by atomic mass is 10.0. The van der Waals surface area contributed by atoms with Crippen LogP contribution in [0.5, 0.6) is 11.5 Å². The van der Waals surface area contributed by atoms with Gasteiger partial charge in [-0.25, -0.2) is 14.0 Å². The molecule has 0 saturated carbocycles. The van der Waals surface area contributed by atoms with E-state index in [0.717, 1.165) is 12.1 Å². The molecule has 10 nitrogen and oxygen atoms in total. The molecule has 0 aliphatic carbocycles. The molecule has 0 fully saturated rings. The number of halogens is 1. The van der Waals surface area contributed by atoms with E-state index < -0.39 is 29.8 Å². The Morgan fingerprint density at radius 1 is 0.872 bits per heavy atom. The van der Waals surface area contributed by atoms with E-state index in [4.69, 9.17) is 19.9 Å². The standard InChI is InChI=1S/C28H26FN3O7/c1-3-37-24(33)16-38-22-12-8-18(9-13-22)25(34)17(2)31-27(35)20-6-4-19(5-7-20)26(30)32-28(36)39-23-14-10-21(29)11-15-23/h4-15,17H,3,16H2,1-2H3,(H,31,35)(H2,30,32,36). The molecule has 2 amide bonds. The van der Waals surface area contributed by atoms with Crippen LogP contribution in [0.1, 0.15) is 40.1 Å². The van der Waals surface area contributed by atoms with Crippen molar-refractivity contribution >= 4 is 29.6 Å². The van der Waals surface area contributed by atoms with Crippen LogP contribution >= 0.6 is 0 Å². The van der Waals surface area contributed by atoms with Gasteiger partial charge in [-0.1, -0.05) is 12.1 Å². The van der Waals surface area contributed by atoms with Gasteiger partial charge in [-0.15, -0.1) is 0 Å². The summed E-state index contributed by atoms with van der Waals surface area (Å²) >= 11 is 0. The van der Waals surface area contributed by atoms with Crippen molar-refractivity contribution in [3.8, 4) is 11.5 Å². The lowest BCUT2D eigenvalue weighted by molar-refractivity contribution is -0.145. The fourth-order valence-electron chi connectivity index (χ4n) is 3.24. The zero-order valence-corrected chi connectivity index (χ0v) is 21.2. The van der Waals surface area contributed by atoms with Crippen LogP contribution in [0.15, 0.2) is 77.8 Å². The van der Waals surface area contributed by atoms with Gasteiger partial charge in [0.05, 0.1) is 12.6 Å². The number of ether oxygens (including phenoxy) is 3. The van der Waals surface area contributed by atoms with Crippen molar-refractivity contribution < 1.29 is 37.8 Å². The Hall–Kier alpha value is -5.06. The van der Waals surface area contributed by atoms with Gasteiger partial charge < -0.3 is 25.3 Å². The minimum absolute atomic E-state index is 0.104. The number of carbonyl (C=O) groups is 4. The molecule has 0 bridgehead atoms. The first-order chi connectivity index (χ1) is 18.7. The number of aliphatic imine (C=N–C) groups is 1. The van der Waals surface area contributed by atoms with Crippen LogP contribution in [0.4, 0.5) is 9.18 Å². The van der Waals surface area contributed by atoms with Crippen LogP contribution in [0.3, 0.4) is 0 Å². The first-order valence-corrected chi connectivity index (χ1v) is 11.8. The summed E-state index contributed by atoms with van der Waals surface area (Å²) in [5.41, 5.74) is 6.81. The number of carbonyl (C=O) groups excluding carboxylic acids is 4. The second kappa shape index (κ2) is 13.5. The van der Waals surface area contributed by atoms with Gasteiger partial charge in [-0.3, -0.25) is 9.59 Å². The summed E-state index contributed by atoms with van der Waals surface area (Å²) in [7, 11) is 0. The van der Waals surface area contributed by atoms with E-state index in [2.05, 4.69) is 10.3 Å². The third kappa shape index (κ3) is 8.49. The van der Waals surface area contributed by atoms with Crippen molar-refractivity contribution in [1.29, 1.82) is 0 Å². The second-order valence-corrected chi connectivity index (χ2v) is 8.07. The molecule has 1 unspecified atom stereocenters. The summed E-state index contributed by atoms with van der Waals surface area (Å²) in [4.78, 5) is 52.4. The van der Waals surface area contributed by atoms with Crippen LogP contribution in [0, 0.1) is 5.82 Å². The molecule has 0 aromatic heterocycles. The lowest BCUT2D eigenvalue weighted by Gasteiger charge is -2.14. The number of nitrogens with one attached hydrogen (secondary N) is 1. The number of nitrogens with two attached hydrogens (primary N) is 1. The van der Waals surface area contributed by atoms with E-state index in [9.17, 15) is 23.6 Å². The summed E-state index contributed by atoms with van der Waals surface area (Å²) in [6, 6.07) is 16.0. The van der Waals surface area contributed by atoms with Crippen LogP contribution in [-0.4, -0.2) is 48.8 Å². The van der Waals surface area contributed by atoms with Gasteiger partial charge >= 0.3 is 12.1 Å². The molecule has 1 atom stereocenters. The molecular formula is C28H26FN3O7. The molecule has 11 heteroatoms. The summed E-state index contributed by atoms with van der Waals surface area (Å²) < 4.78 is 28.0. The molecule has 3 rings (SSSR count). The molecule has 3 aromatic rings. The molecule has 3 aromatic carbocycles. The lowest BCUT2D eigenvalue weighted by Crippen LogP contribution is -2.38. The van der Waals surface area contributed by atoms with Crippen molar-refractivity contribution in [3.63, 3.8) is 0 Å². The number of nitrogens with zero attached hydrogens (tertiary/aromatic N) is 1. The molecular weight excluding hydrogens is 509 g/mol. The average molecular weight is 536 g/mol. The first kappa shape index (κ1) is 28.5. The van der Waals surface area contributed by atoms with Crippen LogP contribution in [0.25, 0.3) is 0 Å². The number of amides is 2. The minimum atomic E-state index is -0.994. The highest BCUT2D eigenvalue weighted by molar-refractivity contribution is 6.05. The third-order valence-electron chi connectivity index (χ3n) is 5.22. The third-order valence-corrected chi connectivity index (χ3v) is 5.22. The number of Topliss-reactive ketones (excluding diaryl/α,β-unsaturated/α-hetero) is 1. The Balaban J connectivity index is 1.54. The Morgan fingerprint density at radius 3 is 2.05 bits per heavy atom. The monoisotopic (exact) mass is 535 g/mol. The van der Waals surface area contributed by atoms with Crippen molar-refractivity contribution in [3.05, 3.63) is 95.3 Å². The van der Waals surface area contributed by atoms with Crippen molar-refractivity contribution in [2.24, 2.45) is 10.7 Å². The summed E-state index contributed by atoms with van der Waals surface area (Å²) in [5, 5.41) is 2.63. The molecule has 0 aliphatic rings. The number of hydrogen-bond acceptors (Lipinski definition) is 7. The Kier molecular flexibility index (Phi) is 9.85. The van der Waals surface area contributed by atoms with Gasteiger partial charge in [0.25, 0.3) is 5.91 Å². The number of esters is 1. The van der Waals surface area contributed by atoms with Crippen LogP contribution in [-0.2, 0) is 9.53 Å². The zero-order chi connectivity index (χ0) is 28.4. The minimum Gasteiger partial charge on any atom is -0.482 e. The predicted octanol–water partition coefficient (Wildman–Crippen LogP) is 3.67. The highest BCUT2D eigenvalue weighted by atomic mass is 19.1. The van der Waals surface area contributed by atoms with E-state index in [1.807, 2.05) is 0 Å². The topological polar surface area (TPSA) is 146 Å². The van der Waals surface area contributed by atoms with Gasteiger partial charge in [-0.05, 0) is 74.5 Å². The smallest absolute Gasteiger partial charge is 0.441 e. The average Bonchev–Trinajstić information content (AvgIpc) is 2.93. The van der Waals surface area contributed by atoms with Gasteiger partial charge in [0.1, 0.15) is 23.2 Å². The van der Waals surface area contributed by atoms with E-state index in [-0.39, 0.29) is 36.1 Å². The van der Waals surface area contributed by atoms with Crippen LogP contribution < -0.4 is 20.5 Å². The normalized spacial score (nSPS) is 11.7. The Morgan fingerprint density at radius 2 is 1.44 bits per heavy atom. The highest BCUT2D eigenvalue weighted by Crippen LogP contribution is 2.15. The molecule has 0 heterocycles. The highest BCUT2D eigenvalue weighted by Gasteiger charge is 2.19. The van der Waals surface area contributed by atoms with Crippen LogP contribution in [0.2, 0.25) is 0 Å². The maximum atomic E-state index is 13.0. The summed E-state index contributed by atoms with van der Waals surface area (Å²) in [5.74, 6) is -1.45. The van der Waals surface area contributed by atoms with Gasteiger partial charge in [0.2, 0.25) is 0 Å². The fourth-order valence-corrected chi connectivity index (χ4v) is 3.24. The van der Waals surface area contributed by atoms with Gasteiger partial charge in [-0.2, -0.15) is 4.99 Å². The Labute approximate surface area is 223 Å². The number of amidine groups is 1. The SMILES string of the molecule is CCOC(=O)COc1ccc(C(=O)C(C)NC(=O)c2ccc(/C(N)=N\C(=O)Oc3ccc(F)cc3)cc2)cc1. The molecule has 202 valence electrons. The van der Waals surface area contributed by atoms with Gasteiger partial charge in [0.15, 0.2) is 12.4 Å². The number of hydrogen-bond donors (Lipinski definition) is 2. The summed E-state index contributed by atoms with van der Waals surface area (Å²) in [6.45, 7) is 3.25. The second-order valence-electron chi connectivity index (χ2n) is 8.07. The van der Waals surface area contributed by atoms with E-state index >= 15 is 0 Å². The zero-order valence-electron chi connectivity index (χ0n) is 21.2. The molecule has 0 aliphatic heterocycles. The first-order valence-electron chi connectivity index (χ1n) is 11.8. The summed E-state index contributed by atoms with van der Waals surface area (Å²) in [6.07, 6.45) is -0.994.